The number of benzene rings is 1. The average Bonchev–Trinajstić information content (AvgIpc) is 2.91. The highest BCUT2D eigenvalue weighted by Gasteiger charge is 2.31. The molecule has 4 nitrogen and oxygen atoms in total. The Labute approximate surface area is 131 Å². The molecule has 120 valence electrons. The van der Waals surface area contributed by atoms with Gasteiger partial charge in [0, 0.05) is 19.1 Å². The average molecular weight is 303 g/mol. The zero-order valence-corrected chi connectivity index (χ0v) is 13.4. The second kappa shape index (κ2) is 6.29. The first-order valence-corrected chi connectivity index (χ1v) is 8.25. The van der Waals surface area contributed by atoms with Crippen molar-refractivity contribution in [2.45, 2.75) is 58.1 Å². The lowest BCUT2D eigenvalue weighted by atomic mass is 9.86. The van der Waals surface area contributed by atoms with Crippen LogP contribution >= 0.6 is 0 Å². The summed E-state index contributed by atoms with van der Waals surface area (Å²) < 4.78 is 5.84. The molecule has 0 aromatic heterocycles. The SMILES string of the molecule is Cc1cc2c(cc1C)O[C@H](C(=O)NC1CCC(CO)CC1)C2. The highest BCUT2D eigenvalue weighted by atomic mass is 16.5. The van der Waals surface area contributed by atoms with Gasteiger partial charge in [0.1, 0.15) is 5.75 Å². The van der Waals surface area contributed by atoms with Gasteiger partial charge in [-0.3, -0.25) is 4.79 Å². The molecule has 0 spiro atoms. The van der Waals surface area contributed by atoms with Gasteiger partial charge in [-0.1, -0.05) is 6.07 Å². The number of hydrogen-bond acceptors (Lipinski definition) is 3. The van der Waals surface area contributed by atoms with E-state index in [1.807, 2.05) is 6.07 Å². The van der Waals surface area contributed by atoms with E-state index in [1.54, 1.807) is 0 Å². The van der Waals surface area contributed by atoms with Crippen LogP contribution in [0.15, 0.2) is 12.1 Å². The second-order valence-electron chi connectivity index (χ2n) is 6.76. The lowest BCUT2D eigenvalue weighted by Gasteiger charge is -2.28. The highest BCUT2D eigenvalue weighted by molar-refractivity contribution is 5.82. The van der Waals surface area contributed by atoms with Gasteiger partial charge in [-0.2, -0.15) is 0 Å². The summed E-state index contributed by atoms with van der Waals surface area (Å²) in [6.07, 6.45) is 4.15. The first-order chi connectivity index (χ1) is 10.6. The third-order valence-corrected chi connectivity index (χ3v) is 5.10. The largest absolute Gasteiger partial charge is 0.480 e. The number of aryl methyl sites for hydroxylation is 2. The van der Waals surface area contributed by atoms with Gasteiger partial charge in [0.05, 0.1) is 0 Å². The molecule has 2 aliphatic rings. The Morgan fingerprint density at radius 2 is 1.91 bits per heavy atom. The zero-order valence-electron chi connectivity index (χ0n) is 13.4. The van der Waals surface area contributed by atoms with Crippen molar-refractivity contribution >= 4 is 5.91 Å². The molecule has 0 bridgehead atoms. The fourth-order valence-corrected chi connectivity index (χ4v) is 3.44. The second-order valence-corrected chi connectivity index (χ2v) is 6.76. The number of rotatable bonds is 3. The molecule has 4 heteroatoms. The van der Waals surface area contributed by atoms with Crippen molar-refractivity contribution in [3.8, 4) is 5.75 Å². The van der Waals surface area contributed by atoms with Gasteiger partial charge in [-0.25, -0.2) is 0 Å². The third-order valence-electron chi connectivity index (χ3n) is 5.10. The number of amides is 1. The van der Waals surface area contributed by atoms with Crippen LogP contribution in [-0.4, -0.2) is 29.8 Å². The van der Waals surface area contributed by atoms with E-state index >= 15 is 0 Å². The van der Waals surface area contributed by atoms with Crippen molar-refractivity contribution in [1.29, 1.82) is 0 Å². The Kier molecular flexibility index (Phi) is 4.39. The maximum atomic E-state index is 12.4. The van der Waals surface area contributed by atoms with Gasteiger partial charge in [0.25, 0.3) is 5.91 Å². The van der Waals surface area contributed by atoms with Crippen LogP contribution in [0.4, 0.5) is 0 Å². The van der Waals surface area contributed by atoms with E-state index in [1.165, 1.54) is 11.1 Å². The molecule has 3 rings (SSSR count). The van der Waals surface area contributed by atoms with Gasteiger partial charge in [-0.05, 0) is 68.2 Å². The van der Waals surface area contributed by atoms with E-state index in [-0.39, 0.29) is 18.6 Å². The smallest absolute Gasteiger partial charge is 0.261 e. The molecule has 1 aromatic rings. The molecular formula is C18H25NO3. The van der Waals surface area contributed by atoms with Crippen LogP contribution in [0.25, 0.3) is 0 Å². The summed E-state index contributed by atoms with van der Waals surface area (Å²) in [4.78, 5) is 12.4. The molecule has 2 N–H and O–H groups in total. The molecule has 0 radical (unpaired) electrons. The number of carbonyl (C=O) groups excluding carboxylic acids is 1. The van der Waals surface area contributed by atoms with E-state index in [2.05, 4.69) is 25.2 Å². The van der Waals surface area contributed by atoms with Crippen LogP contribution in [0.5, 0.6) is 5.75 Å². The minimum Gasteiger partial charge on any atom is -0.480 e. The summed E-state index contributed by atoms with van der Waals surface area (Å²) >= 11 is 0. The molecule has 0 saturated heterocycles. The fourth-order valence-electron chi connectivity index (χ4n) is 3.44. The summed E-state index contributed by atoms with van der Waals surface area (Å²) in [7, 11) is 0. The van der Waals surface area contributed by atoms with Crippen LogP contribution in [0.2, 0.25) is 0 Å². The van der Waals surface area contributed by atoms with Gasteiger partial charge < -0.3 is 15.2 Å². The summed E-state index contributed by atoms with van der Waals surface area (Å²) in [6, 6.07) is 4.39. The number of aliphatic hydroxyl groups is 1. The lowest BCUT2D eigenvalue weighted by Crippen LogP contribution is -2.44. The topological polar surface area (TPSA) is 58.6 Å². The number of hydrogen-bond donors (Lipinski definition) is 2. The molecule has 1 fully saturated rings. The number of nitrogens with one attached hydrogen (secondary N) is 1. The molecule has 1 aromatic carbocycles. The molecule has 22 heavy (non-hydrogen) atoms. The minimum absolute atomic E-state index is 0.000968. The maximum Gasteiger partial charge on any atom is 0.261 e. The molecule has 1 aliphatic carbocycles. The first-order valence-electron chi connectivity index (χ1n) is 8.25. The molecule has 0 unspecified atom stereocenters. The first kappa shape index (κ1) is 15.3. The fraction of sp³-hybridized carbons (Fsp3) is 0.611. The quantitative estimate of drug-likeness (QED) is 0.900. The van der Waals surface area contributed by atoms with E-state index in [0.717, 1.165) is 37.0 Å². The number of aliphatic hydroxyl groups excluding tert-OH is 1. The van der Waals surface area contributed by atoms with Crippen molar-refractivity contribution in [1.82, 2.24) is 5.32 Å². The Morgan fingerprint density at radius 1 is 1.23 bits per heavy atom. The van der Waals surface area contributed by atoms with Crippen LogP contribution < -0.4 is 10.1 Å². The summed E-state index contributed by atoms with van der Waals surface area (Å²) in [5.41, 5.74) is 3.57. The van der Waals surface area contributed by atoms with Gasteiger partial charge in [0.2, 0.25) is 0 Å². The molecule has 1 atom stereocenters. The summed E-state index contributed by atoms with van der Waals surface area (Å²) in [5.74, 6) is 1.26. The van der Waals surface area contributed by atoms with Crippen molar-refractivity contribution < 1.29 is 14.6 Å². The zero-order chi connectivity index (χ0) is 15.7. The van der Waals surface area contributed by atoms with Gasteiger partial charge >= 0.3 is 0 Å². The molecule has 1 aliphatic heterocycles. The minimum atomic E-state index is -0.397. The molecule has 1 amide bonds. The van der Waals surface area contributed by atoms with Crippen LogP contribution in [0, 0.1) is 19.8 Å². The Morgan fingerprint density at radius 3 is 2.59 bits per heavy atom. The summed E-state index contributed by atoms with van der Waals surface area (Å²) in [5, 5.41) is 12.3. The predicted octanol–water partition coefficient (Wildman–Crippen LogP) is 2.27. The van der Waals surface area contributed by atoms with E-state index < -0.39 is 6.10 Å². The standard InChI is InChI=1S/C18H25NO3/c1-11-7-14-9-17(22-16(14)8-12(11)2)18(21)19-15-5-3-13(10-20)4-6-15/h7-8,13,15,17,20H,3-6,9-10H2,1-2H3,(H,19,21)/t13?,15?,17-/m0/s1. The van der Waals surface area contributed by atoms with Crippen molar-refractivity contribution in [3.05, 3.63) is 28.8 Å². The Hall–Kier alpha value is -1.55. The maximum absolute atomic E-state index is 12.4. The van der Waals surface area contributed by atoms with Crippen molar-refractivity contribution in [2.24, 2.45) is 5.92 Å². The van der Waals surface area contributed by atoms with Crippen LogP contribution in [0.1, 0.15) is 42.4 Å². The highest BCUT2D eigenvalue weighted by Crippen LogP contribution is 2.32. The Balaban J connectivity index is 1.56. The predicted molar refractivity (Wildman–Crippen MR) is 85.0 cm³/mol. The lowest BCUT2D eigenvalue weighted by molar-refractivity contribution is -0.128. The normalized spacial score (nSPS) is 27.1. The Bertz CT molecular complexity index is 531. The number of fused-ring (bicyclic) bond motifs is 1. The van der Waals surface area contributed by atoms with E-state index in [0.29, 0.717) is 12.3 Å². The van der Waals surface area contributed by atoms with Crippen LogP contribution in [-0.2, 0) is 11.2 Å². The van der Waals surface area contributed by atoms with Gasteiger partial charge in [0.15, 0.2) is 6.10 Å². The number of carbonyl (C=O) groups is 1. The molecule has 1 heterocycles. The van der Waals surface area contributed by atoms with E-state index in [4.69, 9.17) is 9.84 Å². The van der Waals surface area contributed by atoms with Crippen LogP contribution in [0.3, 0.4) is 0 Å². The molecule has 1 saturated carbocycles. The summed E-state index contributed by atoms with van der Waals surface area (Å²) in [6.45, 7) is 4.41. The van der Waals surface area contributed by atoms with Crippen molar-refractivity contribution in [3.63, 3.8) is 0 Å². The monoisotopic (exact) mass is 303 g/mol. The number of ether oxygens (including phenoxy) is 1. The van der Waals surface area contributed by atoms with Gasteiger partial charge in [-0.15, -0.1) is 0 Å². The molecular weight excluding hydrogens is 278 g/mol. The third kappa shape index (κ3) is 3.12. The van der Waals surface area contributed by atoms with Crippen molar-refractivity contribution in [2.75, 3.05) is 6.61 Å². The van der Waals surface area contributed by atoms with E-state index in [9.17, 15) is 4.79 Å².